The minimum atomic E-state index is -4.17. The molecule has 1 unspecified atom stereocenters. The number of benzene rings is 1. The topological polar surface area (TPSA) is 142 Å². The van der Waals surface area contributed by atoms with Gasteiger partial charge in [-0.1, -0.05) is 17.7 Å². The average Bonchev–Trinajstić information content (AvgIpc) is 3.26. The summed E-state index contributed by atoms with van der Waals surface area (Å²) in [6.07, 6.45) is 2.00. The molecule has 2 amide bonds. The molecular weight excluding hydrogens is 460 g/mol. The van der Waals surface area contributed by atoms with Crippen LogP contribution in [0.2, 0.25) is 0 Å². The van der Waals surface area contributed by atoms with Gasteiger partial charge in [0.25, 0.3) is 0 Å². The molecule has 1 fully saturated rings. The minimum Gasteiger partial charge on any atom is -0.444 e. The number of nitrogens with one attached hydrogen (secondary N) is 2. The number of alkyl carbamates (subject to hydrolysis) is 1. The molecule has 0 spiro atoms. The van der Waals surface area contributed by atoms with Crippen molar-refractivity contribution in [2.24, 2.45) is 0 Å². The molecule has 2 heterocycles. The number of likely N-dealkylation sites (tertiary alicyclic amines) is 1. The van der Waals surface area contributed by atoms with E-state index in [9.17, 15) is 23.1 Å². The highest BCUT2D eigenvalue weighted by Gasteiger charge is 2.45. The lowest BCUT2D eigenvalue weighted by Crippen LogP contribution is -2.55. The molecule has 0 bridgehead atoms. The Bertz CT molecular complexity index is 1090. The zero-order valence-electron chi connectivity index (χ0n) is 19.8. The molecule has 1 aromatic carbocycles. The van der Waals surface area contributed by atoms with Crippen molar-refractivity contribution in [1.29, 1.82) is 0 Å². The van der Waals surface area contributed by atoms with Crippen LogP contribution in [0, 0.1) is 6.92 Å². The third-order valence-electron chi connectivity index (χ3n) is 5.51. The summed E-state index contributed by atoms with van der Waals surface area (Å²) in [6, 6.07) is 4.77. The normalized spacial score (nSPS) is 17.1. The van der Waals surface area contributed by atoms with Crippen LogP contribution in [0.5, 0.6) is 0 Å². The number of rotatable bonds is 6. The summed E-state index contributed by atoms with van der Waals surface area (Å²) in [6.45, 7) is 7.33. The van der Waals surface area contributed by atoms with Gasteiger partial charge in [-0.25, -0.2) is 18.2 Å². The van der Waals surface area contributed by atoms with E-state index >= 15 is 0 Å². The molecular formula is C23H32N4O6S. The van der Waals surface area contributed by atoms with E-state index in [0.717, 1.165) is 5.56 Å². The van der Waals surface area contributed by atoms with Gasteiger partial charge in [0, 0.05) is 19.3 Å². The number of carbonyl (C=O) groups is 2. The number of amides is 2. The van der Waals surface area contributed by atoms with Gasteiger partial charge >= 0.3 is 6.09 Å². The fourth-order valence-corrected chi connectivity index (χ4v) is 5.59. The largest absolute Gasteiger partial charge is 0.444 e. The number of imidazole rings is 1. The predicted molar refractivity (Wildman–Crippen MR) is 125 cm³/mol. The van der Waals surface area contributed by atoms with E-state index in [2.05, 4.69) is 15.3 Å². The van der Waals surface area contributed by atoms with Crippen molar-refractivity contribution in [2.75, 3.05) is 13.1 Å². The van der Waals surface area contributed by atoms with E-state index in [1.165, 1.54) is 29.6 Å². The Morgan fingerprint density at radius 1 is 1.21 bits per heavy atom. The van der Waals surface area contributed by atoms with Crippen LogP contribution in [-0.2, 0) is 19.4 Å². The highest BCUT2D eigenvalue weighted by atomic mass is 32.2. The van der Waals surface area contributed by atoms with Gasteiger partial charge in [0.2, 0.25) is 5.91 Å². The smallest absolute Gasteiger partial charge is 0.408 e. The molecule has 0 saturated carbocycles. The molecule has 2 aromatic rings. The summed E-state index contributed by atoms with van der Waals surface area (Å²) >= 11 is 0. The molecule has 3 N–H and O–H groups in total. The first-order valence-electron chi connectivity index (χ1n) is 11.1. The number of sulfone groups is 1. The summed E-state index contributed by atoms with van der Waals surface area (Å²) in [7, 11) is -4.17. The zero-order valence-corrected chi connectivity index (χ0v) is 20.6. The van der Waals surface area contributed by atoms with Crippen LogP contribution in [0.25, 0.3) is 0 Å². The number of aryl methyl sites for hydroxylation is 1. The van der Waals surface area contributed by atoms with E-state index in [4.69, 9.17) is 4.74 Å². The van der Waals surface area contributed by atoms with Gasteiger partial charge < -0.3 is 25.0 Å². The van der Waals surface area contributed by atoms with Crippen LogP contribution >= 0.6 is 0 Å². The summed E-state index contributed by atoms with van der Waals surface area (Å²) in [5.41, 5.74) is 0.110. The lowest BCUT2D eigenvalue weighted by atomic mass is 10.0. The maximum atomic E-state index is 13.8. The number of hydrogen-bond acceptors (Lipinski definition) is 7. The average molecular weight is 493 g/mol. The fourth-order valence-electron chi connectivity index (χ4n) is 3.80. The van der Waals surface area contributed by atoms with Crippen LogP contribution in [0.15, 0.2) is 41.7 Å². The Labute approximate surface area is 199 Å². The van der Waals surface area contributed by atoms with Gasteiger partial charge in [-0.05, 0) is 52.7 Å². The van der Waals surface area contributed by atoms with E-state index in [-0.39, 0.29) is 23.7 Å². The Morgan fingerprint density at radius 3 is 2.35 bits per heavy atom. The highest BCUT2D eigenvalue weighted by molar-refractivity contribution is 7.91. The second kappa shape index (κ2) is 10.1. The fraction of sp³-hybridized carbons (Fsp3) is 0.522. The maximum absolute atomic E-state index is 13.8. The predicted octanol–water partition coefficient (Wildman–Crippen LogP) is 2.11. The Balaban J connectivity index is 2.06. The quantitative estimate of drug-likeness (QED) is 0.561. The number of nitrogens with zero attached hydrogens (tertiary/aromatic N) is 2. The number of piperidine rings is 1. The Morgan fingerprint density at radius 2 is 1.82 bits per heavy atom. The monoisotopic (exact) mass is 492 g/mol. The highest BCUT2D eigenvalue weighted by Crippen LogP contribution is 2.32. The number of ether oxygens (including phenoxy) is 1. The number of hydrogen-bond donors (Lipinski definition) is 3. The van der Waals surface area contributed by atoms with Crippen molar-refractivity contribution in [3.8, 4) is 0 Å². The van der Waals surface area contributed by atoms with Crippen molar-refractivity contribution < 1.29 is 27.9 Å². The molecule has 10 nitrogen and oxygen atoms in total. The molecule has 1 saturated heterocycles. The molecule has 11 heteroatoms. The van der Waals surface area contributed by atoms with Crippen LogP contribution in [0.4, 0.5) is 4.79 Å². The summed E-state index contributed by atoms with van der Waals surface area (Å²) in [5.74, 6) is -0.582. The van der Waals surface area contributed by atoms with Crippen molar-refractivity contribution in [3.05, 3.63) is 48.0 Å². The number of aromatic amines is 1. The van der Waals surface area contributed by atoms with Crippen LogP contribution in [-0.4, -0.2) is 71.2 Å². The molecule has 1 aliphatic rings. The zero-order chi connectivity index (χ0) is 25.1. The van der Waals surface area contributed by atoms with Gasteiger partial charge in [-0.2, -0.15) is 0 Å². The number of aromatic nitrogens is 2. The summed E-state index contributed by atoms with van der Waals surface area (Å²) in [5, 5.41) is 10.8. The van der Waals surface area contributed by atoms with Crippen molar-refractivity contribution in [3.63, 3.8) is 0 Å². The minimum absolute atomic E-state index is 0.00366. The lowest BCUT2D eigenvalue weighted by molar-refractivity contribution is -0.135. The number of aliphatic hydroxyl groups excluding tert-OH is 1. The Hall–Kier alpha value is -2.92. The van der Waals surface area contributed by atoms with Crippen LogP contribution in [0.3, 0.4) is 0 Å². The third kappa shape index (κ3) is 6.15. The molecule has 0 aliphatic carbocycles. The molecule has 1 aliphatic heterocycles. The number of H-pyrrole nitrogens is 1. The first-order valence-corrected chi connectivity index (χ1v) is 12.7. The van der Waals surface area contributed by atoms with E-state index in [1.54, 1.807) is 32.9 Å². The first-order chi connectivity index (χ1) is 15.9. The second-order valence-electron chi connectivity index (χ2n) is 9.45. The van der Waals surface area contributed by atoms with Crippen molar-refractivity contribution in [2.45, 2.75) is 68.4 Å². The molecule has 186 valence electrons. The van der Waals surface area contributed by atoms with Gasteiger partial charge in [0.1, 0.15) is 16.9 Å². The Kier molecular flexibility index (Phi) is 7.67. The van der Waals surface area contributed by atoms with Crippen molar-refractivity contribution >= 4 is 21.8 Å². The van der Waals surface area contributed by atoms with E-state index in [1.807, 2.05) is 6.92 Å². The summed E-state index contributed by atoms with van der Waals surface area (Å²) < 4.78 is 33.0. The maximum Gasteiger partial charge on any atom is 0.408 e. The van der Waals surface area contributed by atoms with Crippen LogP contribution in [0.1, 0.15) is 50.1 Å². The van der Waals surface area contributed by atoms with E-state index in [0.29, 0.717) is 12.8 Å². The van der Waals surface area contributed by atoms with Gasteiger partial charge in [0.05, 0.1) is 23.0 Å². The van der Waals surface area contributed by atoms with Gasteiger partial charge in [-0.3, -0.25) is 4.79 Å². The summed E-state index contributed by atoms with van der Waals surface area (Å²) in [4.78, 5) is 34.7. The van der Waals surface area contributed by atoms with Gasteiger partial charge in [-0.15, -0.1) is 0 Å². The molecule has 1 aromatic heterocycles. The standard InChI is InChI=1S/C23H32N4O6S/c1-15-5-7-17(8-6-15)34(31,32)20(18-13-24-14-25-18)19(26-22(30)33-23(2,3)4)21(29)27-11-9-16(28)10-12-27/h5-8,13-14,16,19-20,28H,9-12H2,1-4H3,(H,24,25)(H,26,30)/t19?,20-/m1/s1. The lowest BCUT2D eigenvalue weighted by Gasteiger charge is -2.35. The third-order valence-corrected chi connectivity index (χ3v) is 7.62. The molecule has 34 heavy (non-hydrogen) atoms. The van der Waals surface area contributed by atoms with Crippen molar-refractivity contribution in [1.82, 2.24) is 20.2 Å². The SMILES string of the molecule is Cc1ccc(S(=O)(=O)[C@H](c2c[nH]cn2)C(NC(=O)OC(C)(C)C)C(=O)N2CCC(O)CC2)cc1. The number of aliphatic hydroxyl groups is 1. The van der Waals surface area contributed by atoms with Crippen LogP contribution < -0.4 is 5.32 Å². The van der Waals surface area contributed by atoms with Gasteiger partial charge in [0.15, 0.2) is 9.84 Å². The molecule has 2 atom stereocenters. The second-order valence-corrected chi connectivity index (χ2v) is 11.5. The first kappa shape index (κ1) is 25.7. The molecule has 3 rings (SSSR count). The number of carbonyl (C=O) groups excluding carboxylic acids is 2. The molecule has 0 radical (unpaired) electrons. The van der Waals surface area contributed by atoms with E-state index < -0.39 is 44.8 Å².